The molecule has 22 heavy (non-hydrogen) atoms. The smallest absolute Gasteiger partial charge is 0.302 e. The summed E-state index contributed by atoms with van der Waals surface area (Å²) in [7, 11) is 0. The van der Waals surface area contributed by atoms with Crippen LogP contribution in [0.3, 0.4) is 0 Å². The van der Waals surface area contributed by atoms with E-state index in [9.17, 15) is 9.59 Å². The number of hydrogen-bond acceptors (Lipinski definition) is 6. The maximum atomic E-state index is 10.9. The van der Waals surface area contributed by atoms with E-state index in [-0.39, 0.29) is 37.7 Å². The number of hydrogen-bond donors (Lipinski definition) is 0. The highest BCUT2D eigenvalue weighted by Gasteiger charge is 2.16. The molecule has 0 amide bonds. The molecule has 6 nitrogen and oxygen atoms in total. The molecular weight excluding hydrogens is 354 g/mol. The third-order valence-corrected chi connectivity index (χ3v) is 3.57. The highest BCUT2D eigenvalue weighted by atomic mass is 79.9. The van der Waals surface area contributed by atoms with Crippen molar-refractivity contribution in [2.24, 2.45) is 10.9 Å². The first-order valence-corrected chi connectivity index (χ1v) is 7.65. The van der Waals surface area contributed by atoms with Crippen molar-refractivity contribution >= 4 is 33.6 Å². The first-order valence-electron chi connectivity index (χ1n) is 6.85. The van der Waals surface area contributed by atoms with Gasteiger partial charge in [-0.25, -0.2) is 0 Å². The van der Waals surface area contributed by atoms with Crippen molar-refractivity contribution in [2.45, 2.75) is 27.0 Å². The van der Waals surface area contributed by atoms with Gasteiger partial charge in [-0.1, -0.05) is 6.08 Å². The molecule has 0 N–H and O–H groups in total. The molecule has 1 rings (SSSR count). The molecule has 1 heterocycles. The predicted molar refractivity (Wildman–Crippen MR) is 85.8 cm³/mol. The zero-order chi connectivity index (χ0) is 16.5. The summed E-state index contributed by atoms with van der Waals surface area (Å²) in [6.07, 6.45) is 5.12. The number of allylic oxidation sites excluding steroid dienone is 3. The number of ether oxygens (including phenoxy) is 3. The van der Waals surface area contributed by atoms with Gasteiger partial charge in [-0.2, -0.15) is 0 Å². The van der Waals surface area contributed by atoms with Crippen molar-refractivity contribution in [2.75, 3.05) is 19.8 Å². The van der Waals surface area contributed by atoms with Crippen LogP contribution in [0.4, 0.5) is 0 Å². The second-order valence-corrected chi connectivity index (χ2v) is 5.66. The Morgan fingerprint density at radius 3 is 2.36 bits per heavy atom. The standard InChI is InChI=1S/C15H20BrNO5/c1-10-14(16)5-4-6-15(17-10)22-9-13(7-20-11(2)18)8-21-12(3)19/h4-6,13,15H,7-9H2,1-3H3. The molecular formula is C15H20BrNO5. The second kappa shape index (κ2) is 9.53. The molecule has 0 aliphatic carbocycles. The SMILES string of the molecule is CC(=O)OCC(COC(C)=O)COC1C=CC=C(Br)C(C)=N1. The summed E-state index contributed by atoms with van der Waals surface area (Å²) in [6, 6.07) is 0. The van der Waals surface area contributed by atoms with Crippen LogP contribution in [0.25, 0.3) is 0 Å². The Morgan fingerprint density at radius 1 is 1.23 bits per heavy atom. The van der Waals surface area contributed by atoms with E-state index in [0.717, 1.165) is 10.2 Å². The molecule has 0 saturated heterocycles. The lowest BCUT2D eigenvalue weighted by atomic mass is 10.2. The summed E-state index contributed by atoms with van der Waals surface area (Å²) < 4.78 is 16.5. The summed E-state index contributed by atoms with van der Waals surface area (Å²) >= 11 is 3.40. The molecule has 1 aliphatic heterocycles. The van der Waals surface area contributed by atoms with Gasteiger partial charge in [0.1, 0.15) is 0 Å². The van der Waals surface area contributed by atoms with Crippen LogP contribution in [0.15, 0.2) is 27.7 Å². The fraction of sp³-hybridized carbons (Fsp3) is 0.533. The Bertz CT molecular complexity index is 480. The predicted octanol–water partition coefficient (Wildman–Crippen LogP) is 2.38. The highest BCUT2D eigenvalue weighted by molar-refractivity contribution is 9.12. The van der Waals surface area contributed by atoms with Gasteiger partial charge in [-0.05, 0) is 35.0 Å². The summed E-state index contributed by atoms with van der Waals surface area (Å²) in [5, 5.41) is 0. The first kappa shape index (κ1) is 18.6. The van der Waals surface area contributed by atoms with Gasteiger partial charge in [0.05, 0.1) is 25.7 Å². The number of aliphatic imine (C=N–C) groups is 1. The van der Waals surface area contributed by atoms with Crippen molar-refractivity contribution in [1.29, 1.82) is 0 Å². The highest BCUT2D eigenvalue weighted by Crippen LogP contribution is 2.14. The number of rotatable bonds is 7. The molecule has 0 saturated carbocycles. The minimum atomic E-state index is -0.427. The average Bonchev–Trinajstić information content (AvgIpc) is 2.59. The molecule has 122 valence electrons. The minimum Gasteiger partial charge on any atom is -0.465 e. The van der Waals surface area contributed by atoms with Crippen LogP contribution in [-0.2, 0) is 23.8 Å². The second-order valence-electron chi connectivity index (χ2n) is 4.81. The summed E-state index contributed by atoms with van der Waals surface area (Å²) in [6.45, 7) is 5.04. The minimum absolute atomic E-state index is 0.129. The molecule has 0 radical (unpaired) electrons. The van der Waals surface area contributed by atoms with Crippen LogP contribution in [0.1, 0.15) is 20.8 Å². The maximum absolute atomic E-state index is 10.9. The number of nitrogens with zero attached hydrogens (tertiary/aromatic N) is 1. The van der Waals surface area contributed by atoms with Gasteiger partial charge >= 0.3 is 11.9 Å². The van der Waals surface area contributed by atoms with Crippen LogP contribution in [0, 0.1) is 5.92 Å². The van der Waals surface area contributed by atoms with Gasteiger partial charge in [-0.15, -0.1) is 0 Å². The molecule has 0 aromatic heterocycles. The quantitative estimate of drug-likeness (QED) is 0.640. The lowest BCUT2D eigenvalue weighted by Gasteiger charge is -2.18. The van der Waals surface area contributed by atoms with E-state index < -0.39 is 6.23 Å². The zero-order valence-electron chi connectivity index (χ0n) is 12.9. The normalized spacial score (nSPS) is 17.6. The molecule has 0 spiro atoms. The first-order chi connectivity index (χ1) is 10.4. The van der Waals surface area contributed by atoms with Gasteiger partial charge in [0.25, 0.3) is 0 Å². The van der Waals surface area contributed by atoms with Crippen LogP contribution in [0.5, 0.6) is 0 Å². The van der Waals surface area contributed by atoms with Crippen LogP contribution in [0.2, 0.25) is 0 Å². The monoisotopic (exact) mass is 373 g/mol. The Balaban J connectivity index is 2.54. The summed E-state index contributed by atoms with van der Waals surface area (Å²) in [5.41, 5.74) is 0.825. The van der Waals surface area contributed by atoms with Gasteiger partial charge in [0, 0.05) is 24.0 Å². The average molecular weight is 374 g/mol. The van der Waals surface area contributed by atoms with Crippen molar-refractivity contribution in [3.8, 4) is 0 Å². The topological polar surface area (TPSA) is 74.2 Å². The van der Waals surface area contributed by atoms with E-state index in [4.69, 9.17) is 14.2 Å². The van der Waals surface area contributed by atoms with E-state index in [0.29, 0.717) is 0 Å². The molecule has 0 aromatic carbocycles. The number of carbonyl (C=O) groups is 2. The van der Waals surface area contributed by atoms with Crippen molar-refractivity contribution in [3.05, 3.63) is 22.7 Å². The van der Waals surface area contributed by atoms with Crippen molar-refractivity contribution < 1.29 is 23.8 Å². The van der Waals surface area contributed by atoms with Crippen LogP contribution >= 0.6 is 15.9 Å². The molecule has 0 fully saturated rings. The van der Waals surface area contributed by atoms with Gasteiger partial charge < -0.3 is 14.2 Å². The lowest BCUT2D eigenvalue weighted by molar-refractivity contribution is -0.147. The fourth-order valence-electron chi connectivity index (χ4n) is 1.59. The largest absolute Gasteiger partial charge is 0.465 e. The lowest BCUT2D eigenvalue weighted by Crippen LogP contribution is -2.26. The Morgan fingerprint density at radius 2 is 1.82 bits per heavy atom. The molecule has 1 unspecified atom stereocenters. The molecule has 1 aliphatic rings. The van der Waals surface area contributed by atoms with E-state index in [1.54, 1.807) is 0 Å². The van der Waals surface area contributed by atoms with Crippen LogP contribution in [-0.4, -0.2) is 43.7 Å². The summed E-state index contributed by atoms with van der Waals surface area (Å²) in [5.74, 6) is -1.01. The number of halogens is 1. The molecule has 0 bridgehead atoms. The Labute approximate surface area is 138 Å². The van der Waals surface area contributed by atoms with E-state index in [1.807, 2.05) is 25.2 Å². The zero-order valence-corrected chi connectivity index (χ0v) is 14.5. The third kappa shape index (κ3) is 7.51. The van der Waals surface area contributed by atoms with E-state index in [2.05, 4.69) is 20.9 Å². The van der Waals surface area contributed by atoms with E-state index in [1.165, 1.54) is 13.8 Å². The van der Waals surface area contributed by atoms with Gasteiger partial charge in [0.2, 0.25) is 0 Å². The van der Waals surface area contributed by atoms with Crippen LogP contribution < -0.4 is 0 Å². The van der Waals surface area contributed by atoms with Gasteiger partial charge in [0.15, 0.2) is 6.23 Å². The van der Waals surface area contributed by atoms with Gasteiger partial charge in [-0.3, -0.25) is 14.6 Å². The fourth-order valence-corrected chi connectivity index (χ4v) is 1.85. The summed E-state index contributed by atoms with van der Waals surface area (Å²) in [4.78, 5) is 26.2. The molecule has 7 heteroatoms. The maximum Gasteiger partial charge on any atom is 0.302 e. The number of esters is 2. The molecule has 1 atom stereocenters. The third-order valence-electron chi connectivity index (χ3n) is 2.73. The Hall–Kier alpha value is -1.47. The molecule has 0 aromatic rings. The van der Waals surface area contributed by atoms with Crippen molar-refractivity contribution in [3.63, 3.8) is 0 Å². The Kier molecular flexibility index (Phi) is 8.05. The van der Waals surface area contributed by atoms with E-state index >= 15 is 0 Å². The number of carbonyl (C=O) groups excluding carboxylic acids is 2. The van der Waals surface area contributed by atoms with Crippen molar-refractivity contribution in [1.82, 2.24) is 0 Å².